The summed E-state index contributed by atoms with van der Waals surface area (Å²) in [5.74, 6) is 0.267. The van der Waals surface area contributed by atoms with Crippen LogP contribution < -0.4 is 10.6 Å². The SMILES string of the molecule is CCC1CCN(c2nccc(C(=O)O)c2N)C1. The number of hydrogen-bond acceptors (Lipinski definition) is 4. The molecule has 2 rings (SSSR count). The minimum absolute atomic E-state index is 0.134. The van der Waals surface area contributed by atoms with Gasteiger partial charge in [0.2, 0.25) is 0 Å². The molecule has 1 atom stereocenters. The molecule has 2 heterocycles. The van der Waals surface area contributed by atoms with Crippen LogP contribution in [0.25, 0.3) is 0 Å². The van der Waals surface area contributed by atoms with Gasteiger partial charge >= 0.3 is 5.97 Å². The van der Waals surface area contributed by atoms with E-state index in [0.717, 1.165) is 25.9 Å². The molecule has 0 aliphatic carbocycles. The molecule has 1 saturated heterocycles. The molecule has 1 fully saturated rings. The summed E-state index contributed by atoms with van der Waals surface area (Å²) in [5.41, 5.74) is 6.27. The van der Waals surface area contributed by atoms with E-state index in [0.29, 0.717) is 11.7 Å². The molecule has 5 nitrogen and oxygen atoms in total. The van der Waals surface area contributed by atoms with Crippen LogP contribution in [0.5, 0.6) is 0 Å². The van der Waals surface area contributed by atoms with Crippen molar-refractivity contribution in [3.05, 3.63) is 17.8 Å². The highest BCUT2D eigenvalue weighted by molar-refractivity contribution is 5.96. The van der Waals surface area contributed by atoms with Crippen molar-refractivity contribution < 1.29 is 9.90 Å². The summed E-state index contributed by atoms with van der Waals surface area (Å²) < 4.78 is 0. The third kappa shape index (κ3) is 2.18. The predicted octanol–water partition coefficient (Wildman–Crippen LogP) is 1.60. The molecular formula is C12H17N3O2. The first-order valence-corrected chi connectivity index (χ1v) is 5.86. The molecule has 0 bridgehead atoms. The summed E-state index contributed by atoms with van der Waals surface area (Å²) in [7, 11) is 0. The fourth-order valence-corrected chi connectivity index (χ4v) is 2.26. The van der Waals surface area contributed by atoms with Crippen LogP contribution in [0.2, 0.25) is 0 Å². The van der Waals surface area contributed by atoms with Gasteiger partial charge < -0.3 is 15.7 Å². The smallest absolute Gasteiger partial charge is 0.337 e. The average Bonchev–Trinajstić information content (AvgIpc) is 2.77. The summed E-state index contributed by atoms with van der Waals surface area (Å²) in [6.45, 7) is 3.98. The van der Waals surface area contributed by atoms with Crippen LogP contribution in [0.3, 0.4) is 0 Å². The zero-order valence-electron chi connectivity index (χ0n) is 9.89. The van der Waals surface area contributed by atoms with Crippen molar-refractivity contribution >= 4 is 17.5 Å². The minimum Gasteiger partial charge on any atom is -0.478 e. The highest BCUT2D eigenvalue weighted by atomic mass is 16.4. The number of carboxylic acids is 1. The maximum absolute atomic E-state index is 11.0. The van der Waals surface area contributed by atoms with Crippen LogP contribution in [-0.2, 0) is 0 Å². The first kappa shape index (κ1) is 11.7. The van der Waals surface area contributed by atoms with Gasteiger partial charge in [0.25, 0.3) is 0 Å². The second kappa shape index (κ2) is 4.61. The summed E-state index contributed by atoms with van der Waals surface area (Å²) in [6.07, 6.45) is 3.76. The van der Waals surface area contributed by atoms with Crippen LogP contribution in [0.4, 0.5) is 11.5 Å². The molecule has 5 heteroatoms. The Hall–Kier alpha value is -1.78. The van der Waals surface area contributed by atoms with Crippen LogP contribution in [0, 0.1) is 5.92 Å². The molecule has 0 amide bonds. The van der Waals surface area contributed by atoms with Gasteiger partial charge in [-0.25, -0.2) is 9.78 Å². The van der Waals surface area contributed by atoms with Gasteiger partial charge in [-0.2, -0.15) is 0 Å². The Morgan fingerprint density at radius 1 is 1.71 bits per heavy atom. The molecule has 17 heavy (non-hydrogen) atoms. The van der Waals surface area contributed by atoms with Crippen molar-refractivity contribution in [2.45, 2.75) is 19.8 Å². The number of aromatic nitrogens is 1. The Morgan fingerprint density at radius 2 is 2.47 bits per heavy atom. The van der Waals surface area contributed by atoms with E-state index in [1.54, 1.807) is 0 Å². The van der Waals surface area contributed by atoms with E-state index in [4.69, 9.17) is 10.8 Å². The topological polar surface area (TPSA) is 79.5 Å². The molecule has 0 spiro atoms. The minimum atomic E-state index is -1.00. The fourth-order valence-electron chi connectivity index (χ4n) is 2.26. The fraction of sp³-hybridized carbons (Fsp3) is 0.500. The molecular weight excluding hydrogens is 218 g/mol. The Balaban J connectivity index is 2.28. The van der Waals surface area contributed by atoms with Crippen LogP contribution >= 0.6 is 0 Å². The lowest BCUT2D eigenvalue weighted by atomic mass is 10.1. The molecule has 0 aromatic carbocycles. The van der Waals surface area contributed by atoms with E-state index in [-0.39, 0.29) is 11.3 Å². The predicted molar refractivity (Wildman–Crippen MR) is 66.2 cm³/mol. The monoisotopic (exact) mass is 235 g/mol. The summed E-state index contributed by atoms with van der Waals surface area (Å²) in [6, 6.07) is 1.44. The number of rotatable bonds is 3. The number of carbonyl (C=O) groups is 1. The number of nitrogens with zero attached hydrogens (tertiary/aromatic N) is 2. The molecule has 0 saturated carbocycles. The summed E-state index contributed by atoms with van der Waals surface area (Å²) in [4.78, 5) is 17.3. The third-order valence-electron chi connectivity index (χ3n) is 3.36. The van der Waals surface area contributed by atoms with E-state index in [1.165, 1.54) is 12.3 Å². The van der Waals surface area contributed by atoms with Gasteiger partial charge in [0, 0.05) is 19.3 Å². The van der Waals surface area contributed by atoms with E-state index in [2.05, 4.69) is 16.8 Å². The molecule has 3 N–H and O–H groups in total. The second-order valence-electron chi connectivity index (χ2n) is 4.41. The van der Waals surface area contributed by atoms with Crippen molar-refractivity contribution in [3.8, 4) is 0 Å². The van der Waals surface area contributed by atoms with Gasteiger partial charge in [0.1, 0.15) is 0 Å². The number of carboxylic acid groups (broad SMARTS) is 1. The van der Waals surface area contributed by atoms with E-state index >= 15 is 0 Å². The Morgan fingerprint density at radius 3 is 3.06 bits per heavy atom. The van der Waals surface area contributed by atoms with Gasteiger partial charge in [-0.15, -0.1) is 0 Å². The van der Waals surface area contributed by atoms with Gasteiger partial charge in [-0.05, 0) is 18.4 Å². The van der Waals surface area contributed by atoms with Crippen LogP contribution in [0.15, 0.2) is 12.3 Å². The van der Waals surface area contributed by atoms with Crippen molar-refractivity contribution in [1.29, 1.82) is 0 Å². The largest absolute Gasteiger partial charge is 0.478 e. The van der Waals surface area contributed by atoms with Gasteiger partial charge in [0.15, 0.2) is 5.82 Å². The standard InChI is InChI=1S/C12H17N3O2/c1-2-8-4-6-15(7-8)11-10(13)9(12(16)17)3-5-14-11/h3,5,8H,2,4,6-7,13H2,1H3,(H,16,17). The van der Waals surface area contributed by atoms with Gasteiger partial charge in [0.05, 0.1) is 11.3 Å². The van der Waals surface area contributed by atoms with E-state index in [9.17, 15) is 4.79 Å². The van der Waals surface area contributed by atoms with Crippen LogP contribution in [-0.4, -0.2) is 29.1 Å². The zero-order valence-corrected chi connectivity index (χ0v) is 9.89. The number of aromatic carboxylic acids is 1. The van der Waals surface area contributed by atoms with Crippen LogP contribution in [0.1, 0.15) is 30.1 Å². The van der Waals surface area contributed by atoms with E-state index < -0.39 is 5.97 Å². The maximum Gasteiger partial charge on any atom is 0.337 e. The lowest BCUT2D eigenvalue weighted by Gasteiger charge is -2.19. The van der Waals surface area contributed by atoms with Crippen molar-refractivity contribution in [1.82, 2.24) is 4.98 Å². The van der Waals surface area contributed by atoms with Crippen molar-refractivity contribution in [2.24, 2.45) is 5.92 Å². The number of nitrogens with two attached hydrogens (primary N) is 1. The first-order valence-electron chi connectivity index (χ1n) is 5.86. The molecule has 1 unspecified atom stereocenters. The summed E-state index contributed by atoms with van der Waals surface area (Å²) >= 11 is 0. The quantitative estimate of drug-likeness (QED) is 0.831. The van der Waals surface area contributed by atoms with Crippen molar-refractivity contribution in [3.63, 3.8) is 0 Å². The Kier molecular flexibility index (Phi) is 3.17. The Labute approximate surface area is 100 Å². The number of hydrogen-bond donors (Lipinski definition) is 2. The number of pyridine rings is 1. The Bertz CT molecular complexity index is 434. The average molecular weight is 235 g/mol. The molecule has 0 radical (unpaired) electrons. The normalized spacial score (nSPS) is 19.6. The highest BCUT2D eigenvalue weighted by Crippen LogP contribution is 2.29. The highest BCUT2D eigenvalue weighted by Gasteiger charge is 2.25. The zero-order chi connectivity index (χ0) is 12.4. The van der Waals surface area contributed by atoms with Gasteiger partial charge in [-0.3, -0.25) is 0 Å². The maximum atomic E-state index is 11.0. The molecule has 1 aliphatic heterocycles. The van der Waals surface area contributed by atoms with Gasteiger partial charge in [-0.1, -0.05) is 13.3 Å². The second-order valence-corrected chi connectivity index (χ2v) is 4.41. The van der Waals surface area contributed by atoms with E-state index in [1.807, 2.05) is 0 Å². The van der Waals surface area contributed by atoms with Crippen molar-refractivity contribution in [2.75, 3.05) is 23.7 Å². The molecule has 1 aromatic rings. The summed E-state index contributed by atoms with van der Waals surface area (Å²) in [5, 5.41) is 9.00. The number of anilines is 2. The molecule has 1 aliphatic rings. The third-order valence-corrected chi connectivity index (χ3v) is 3.36. The first-order chi connectivity index (χ1) is 8.13. The lowest BCUT2D eigenvalue weighted by molar-refractivity contribution is 0.0698. The lowest BCUT2D eigenvalue weighted by Crippen LogP contribution is -2.23. The molecule has 92 valence electrons. The number of nitrogen functional groups attached to an aromatic ring is 1. The molecule has 1 aromatic heterocycles.